The highest BCUT2D eigenvalue weighted by molar-refractivity contribution is 5.92. The van der Waals surface area contributed by atoms with Gasteiger partial charge in [0.1, 0.15) is 5.82 Å². The summed E-state index contributed by atoms with van der Waals surface area (Å²) in [6.45, 7) is 0. The largest absolute Gasteiger partial charge is 0.550 e. The number of carbonyl (C=O) groups excluding carboxylic acids is 2. The summed E-state index contributed by atoms with van der Waals surface area (Å²) in [4.78, 5) is 21.3. The molecule has 4 nitrogen and oxygen atoms in total. The molecule has 1 aromatic rings. The Kier molecular flexibility index (Phi) is 4.47. The fourth-order valence-electron chi connectivity index (χ4n) is 1.23. The molecule has 0 aliphatic carbocycles. The fraction of sp³-hybridized carbons (Fsp3) is 0.273. The second-order valence-corrected chi connectivity index (χ2v) is 3.61. The Balaban J connectivity index is 2.83. The van der Waals surface area contributed by atoms with Gasteiger partial charge in [-0.1, -0.05) is 0 Å². The van der Waals surface area contributed by atoms with Crippen LogP contribution < -0.4 is 10.4 Å². The Morgan fingerprint density at radius 2 is 1.84 bits per heavy atom. The number of carboxylic acids is 1. The lowest BCUT2D eigenvalue weighted by Gasteiger charge is -2.11. The minimum absolute atomic E-state index is 0.437. The maximum atomic E-state index is 13.2. The van der Waals surface area contributed by atoms with Gasteiger partial charge in [-0.05, 0) is 24.6 Å². The summed E-state index contributed by atoms with van der Waals surface area (Å²) in [6, 6.07) is 1.54. The van der Waals surface area contributed by atoms with Crippen LogP contribution in [0, 0.1) is 5.82 Å². The molecule has 0 aliphatic heterocycles. The van der Waals surface area contributed by atoms with Crippen LogP contribution in [0.5, 0.6) is 0 Å². The van der Waals surface area contributed by atoms with Gasteiger partial charge in [-0.3, -0.25) is 4.79 Å². The molecule has 1 amide bonds. The summed E-state index contributed by atoms with van der Waals surface area (Å²) in [5, 5.41) is 12.0. The predicted octanol–water partition coefficient (Wildman–Crippen LogP) is 1.31. The van der Waals surface area contributed by atoms with Crippen LogP contribution in [-0.4, -0.2) is 11.9 Å². The molecule has 0 aliphatic rings. The zero-order valence-corrected chi connectivity index (χ0v) is 9.38. The molecular formula is C11H8F4NO3-. The highest BCUT2D eigenvalue weighted by Crippen LogP contribution is 2.31. The SMILES string of the molecule is O=C([O-])CCC(=O)Nc1cc(C(F)(F)F)ccc1F. The van der Waals surface area contributed by atoms with Crippen molar-refractivity contribution in [1.29, 1.82) is 0 Å². The van der Waals surface area contributed by atoms with Crippen molar-refractivity contribution in [1.82, 2.24) is 0 Å². The molecule has 0 fully saturated rings. The summed E-state index contributed by atoms with van der Waals surface area (Å²) < 4.78 is 50.3. The van der Waals surface area contributed by atoms with E-state index in [4.69, 9.17) is 0 Å². The van der Waals surface area contributed by atoms with Crippen LogP contribution in [0.15, 0.2) is 18.2 Å². The standard InChI is InChI=1S/C11H9F4NO3/c12-7-2-1-6(11(13,14)15)5-8(7)16-9(17)3-4-10(18)19/h1-2,5H,3-4H2,(H,16,17)(H,18,19)/p-1. The molecule has 0 unspecified atom stereocenters. The van der Waals surface area contributed by atoms with E-state index < -0.39 is 48.0 Å². The minimum atomic E-state index is -4.67. The number of hydrogen-bond acceptors (Lipinski definition) is 3. The number of alkyl halides is 3. The summed E-state index contributed by atoms with van der Waals surface area (Å²) >= 11 is 0. The Morgan fingerprint density at radius 3 is 2.37 bits per heavy atom. The van der Waals surface area contributed by atoms with Crippen molar-refractivity contribution in [3.8, 4) is 0 Å². The van der Waals surface area contributed by atoms with Crippen LogP contribution in [0.4, 0.5) is 23.2 Å². The van der Waals surface area contributed by atoms with Crippen molar-refractivity contribution in [2.45, 2.75) is 19.0 Å². The topological polar surface area (TPSA) is 69.2 Å². The van der Waals surface area contributed by atoms with Gasteiger partial charge in [0.05, 0.1) is 11.3 Å². The van der Waals surface area contributed by atoms with E-state index in [-0.39, 0.29) is 0 Å². The quantitative estimate of drug-likeness (QED) is 0.844. The predicted molar refractivity (Wildman–Crippen MR) is 54.3 cm³/mol. The number of aliphatic carboxylic acids is 1. The zero-order valence-electron chi connectivity index (χ0n) is 9.38. The van der Waals surface area contributed by atoms with E-state index in [2.05, 4.69) is 0 Å². The first kappa shape index (κ1) is 14.9. The van der Waals surface area contributed by atoms with Gasteiger partial charge in [0, 0.05) is 12.4 Å². The molecule has 0 heterocycles. The van der Waals surface area contributed by atoms with Gasteiger partial charge in [-0.2, -0.15) is 13.2 Å². The van der Waals surface area contributed by atoms with E-state index in [0.29, 0.717) is 18.2 Å². The number of hydrogen-bond donors (Lipinski definition) is 1. The number of rotatable bonds is 4. The average Bonchev–Trinajstić information content (AvgIpc) is 2.28. The first-order valence-electron chi connectivity index (χ1n) is 5.06. The number of amides is 1. The second kappa shape index (κ2) is 5.68. The van der Waals surface area contributed by atoms with Crippen LogP contribution in [0.2, 0.25) is 0 Å². The average molecular weight is 278 g/mol. The smallest absolute Gasteiger partial charge is 0.416 e. The van der Waals surface area contributed by atoms with Crippen molar-refractivity contribution >= 4 is 17.6 Å². The van der Waals surface area contributed by atoms with E-state index in [0.717, 1.165) is 0 Å². The van der Waals surface area contributed by atoms with E-state index in [9.17, 15) is 32.3 Å². The molecule has 1 rings (SSSR count). The summed E-state index contributed by atoms with van der Waals surface area (Å²) in [5.41, 5.74) is -1.78. The fourth-order valence-corrected chi connectivity index (χ4v) is 1.23. The van der Waals surface area contributed by atoms with Gasteiger partial charge >= 0.3 is 6.18 Å². The maximum absolute atomic E-state index is 13.2. The van der Waals surface area contributed by atoms with Gasteiger partial charge in [0.15, 0.2) is 0 Å². The molecule has 0 bridgehead atoms. The number of benzene rings is 1. The molecule has 0 saturated carbocycles. The molecule has 1 aromatic carbocycles. The van der Waals surface area contributed by atoms with Gasteiger partial charge < -0.3 is 15.2 Å². The highest BCUT2D eigenvalue weighted by atomic mass is 19.4. The van der Waals surface area contributed by atoms with Gasteiger partial charge in [-0.25, -0.2) is 4.39 Å². The van der Waals surface area contributed by atoms with Crippen molar-refractivity contribution < 1.29 is 32.3 Å². The van der Waals surface area contributed by atoms with Crippen LogP contribution in [0.25, 0.3) is 0 Å². The van der Waals surface area contributed by atoms with Crippen molar-refractivity contribution in [3.63, 3.8) is 0 Å². The molecule has 0 atom stereocenters. The minimum Gasteiger partial charge on any atom is -0.550 e. The third kappa shape index (κ3) is 4.57. The molecule has 0 spiro atoms. The molecule has 0 radical (unpaired) electrons. The van der Waals surface area contributed by atoms with Crippen molar-refractivity contribution in [3.05, 3.63) is 29.6 Å². The van der Waals surface area contributed by atoms with Crippen molar-refractivity contribution in [2.24, 2.45) is 0 Å². The molecular weight excluding hydrogens is 270 g/mol. The molecule has 0 saturated heterocycles. The van der Waals surface area contributed by atoms with E-state index in [1.807, 2.05) is 5.32 Å². The first-order valence-corrected chi connectivity index (χ1v) is 5.06. The van der Waals surface area contributed by atoms with E-state index in [1.54, 1.807) is 0 Å². The number of carbonyl (C=O) groups is 2. The zero-order chi connectivity index (χ0) is 14.6. The normalized spacial score (nSPS) is 11.2. The summed E-state index contributed by atoms with van der Waals surface area (Å²) in [7, 11) is 0. The van der Waals surface area contributed by atoms with Gasteiger partial charge in [-0.15, -0.1) is 0 Å². The Hall–Kier alpha value is -2.12. The molecule has 104 valence electrons. The lowest BCUT2D eigenvalue weighted by molar-refractivity contribution is -0.305. The number of nitrogens with one attached hydrogen (secondary N) is 1. The number of carboxylic acid groups (broad SMARTS) is 1. The highest BCUT2D eigenvalue weighted by Gasteiger charge is 2.31. The second-order valence-electron chi connectivity index (χ2n) is 3.61. The van der Waals surface area contributed by atoms with E-state index >= 15 is 0 Å². The molecule has 19 heavy (non-hydrogen) atoms. The van der Waals surface area contributed by atoms with Crippen LogP contribution >= 0.6 is 0 Å². The first-order chi connectivity index (χ1) is 8.70. The number of anilines is 1. The summed E-state index contributed by atoms with van der Waals surface area (Å²) in [6.07, 6.45) is -5.79. The molecule has 0 aromatic heterocycles. The van der Waals surface area contributed by atoms with Crippen LogP contribution in [0.3, 0.4) is 0 Å². The monoisotopic (exact) mass is 278 g/mol. The Bertz CT molecular complexity index is 499. The Morgan fingerprint density at radius 1 is 1.21 bits per heavy atom. The lowest BCUT2D eigenvalue weighted by atomic mass is 10.2. The van der Waals surface area contributed by atoms with Gasteiger partial charge in [0.2, 0.25) is 5.91 Å². The molecule has 1 N–H and O–H groups in total. The Labute approximate surface area is 105 Å². The molecule has 8 heteroatoms. The van der Waals surface area contributed by atoms with Crippen LogP contribution in [0.1, 0.15) is 18.4 Å². The van der Waals surface area contributed by atoms with Gasteiger partial charge in [0.25, 0.3) is 0 Å². The maximum Gasteiger partial charge on any atom is 0.416 e. The van der Waals surface area contributed by atoms with E-state index in [1.165, 1.54) is 0 Å². The van der Waals surface area contributed by atoms with Crippen molar-refractivity contribution in [2.75, 3.05) is 5.32 Å². The summed E-state index contributed by atoms with van der Waals surface area (Å²) in [5.74, 6) is -3.45. The third-order valence-electron chi connectivity index (χ3n) is 2.12. The number of halogens is 4. The van der Waals surface area contributed by atoms with Crippen LogP contribution in [-0.2, 0) is 15.8 Å². The lowest BCUT2D eigenvalue weighted by Crippen LogP contribution is -2.24. The third-order valence-corrected chi connectivity index (χ3v) is 2.12.